The molecule has 0 heteroatoms. The number of hydrogen-bond donors (Lipinski definition) is 0. The highest BCUT2D eigenvalue weighted by atomic mass is 14.5. The molecule has 0 aliphatic heterocycles. The van der Waals surface area contributed by atoms with E-state index in [0.29, 0.717) is 0 Å². The molecule has 0 aromatic heterocycles. The molecule has 3 atom stereocenters. The minimum absolute atomic E-state index is 0.995. The van der Waals surface area contributed by atoms with E-state index >= 15 is 0 Å². The fourth-order valence-electron chi connectivity index (χ4n) is 3.13. The fourth-order valence-corrected chi connectivity index (χ4v) is 3.13. The number of rotatable bonds is 1. The number of hydrogen-bond acceptors (Lipinski definition) is 0. The van der Waals surface area contributed by atoms with E-state index in [1.54, 1.807) is 5.57 Å². The van der Waals surface area contributed by atoms with E-state index in [4.69, 9.17) is 0 Å². The maximum absolute atomic E-state index is 2.37. The average Bonchev–Trinajstić information content (AvgIpc) is 2.60. The molecule has 2 aliphatic rings. The zero-order valence-electron chi connectivity index (χ0n) is 7.64. The molecule has 0 spiro atoms. The van der Waals surface area contributed by atoms with Crippen molar-refractivity contribution >= 4 is 0 Å². The monoisotopic (exact) mass is 150 g/mol. The van der Waals surface area contributed by atoms with Gasteiger partial charge in [0, 0.05) is 0 Å². The zero-order chi connectivity index (χ0) is 7.84. The molecule has 0 aromatic carbocycles. The van der Waals surface area contributed by atoms with Crippen molar-refractivity contribution in [1.29, 1.82) is 0 Å². The van der Waals surface area contributed by atoms with Crippen LogP contribution in [0.3, 0.4) is 0 Å². The van der Waals surface area contributed by atoms with Crippen LogP contribution >= 0.6 is 0 Å². The van der Waals surface area contributed by atoms with Crippen LogP contribution in [0.2, 0.25) is 0 Å². The molecule has 2 bridgehead atoms. The topological polar surface area (TPSA) is 0 Å². The maximum atomic E-state index is 2.37. The molecular weight excluding hydrogens is 132 g/mol. The molecule has 0 heterocycles. The van der Waals surface area contributed by atoms with Crippen molar-refractivity contribution in [1.82, 2.24) is 0 Å². The summed E-state index contributed by atoms with van der Waals surface area (Å²) in [4.78, 5) is 0. The van der Waals surface area contributed by atoms with Crippen molar-refractivity contribution in [2.24, 2.45) is 17.8 Å². The van der Waals surface area contributed by atoms with Gasteiger partial charge in [-0.3, -0.25) is 0 Å². The SMILES string of the molecule is CC=C1C[C@@H]2CC(CC)[C@@H]1C2. The van der Waals surface area contributed by atoms with Gasteiger partial charge in [-0.05, 0) is 43.9 Å². The molecule has 62 valence electrons. The summed E-state index contributed by atoms with van der Waals surface area (Å²) in [6, 6.07) is 0. The van der Waals surface area contributed by atoms with Crippen LogP contribution in [-0.4, -0.2) is 0 Å². The lowest BCUT2D eigenvalue weighted by molar-refractivity contribution is 0.386. The summed E-state index contributed by atoms with van der Waals surface area (Å²) in [6.07, 6.45) is 8.24. The molecule has 0 aromatic rings. The van der Waals surface area contributed by atoms with E-state index < -0.39 is 0 Å². The molecule has 0 saturated heterocycles. The standard InChI is InChI=1S/C11H18/c1-3-9-5-8-6-10(4-2)11(9)7-8/h3,8,10-11H,4-7H2,1-2H3/t8-,10?,11-/m1/s1. The summed E-state index contributed by atoms with van der Waals surface area (Å²) >= 11 is 0. The van der Waals surface area contributed by atoms with E-state index in [-0.39, 0.29) is 0 Å². The molecule has 2 rings (SSSR count). The van der Waals surface area contributed by atoms with E-state index in [0.717, 1.165) is 17.8 Å². The Balaban J connectivity index is 2.14. The summed E-state index contributed by atoms with van der Waals surface area (Å²) in [7, 11) is 0. The summed E-state index contributed by atoms with van der Waals surface area (Å²) in [5.41, 5.74) is 1.77. The second-order valence-corrected chi connectivity index (χ2v) is 4.18. The van der Waals surface area contributed by atoms with Crippen LogP contribution in [0.5, 0.6) is 0 Å². The first kappa shape index (κ1) is 7.39. The van der Waals surface area contributed by atoms with Crippen LogP contribution < -0.4 is 0 Å². The van der Waals surface area contributed by atoms with Gasteiger partial charge >= 0.3 is 0 Å². The van der Waals surface area contributed by atoms with Gasteiger partial charge in [-0.2, -0.15) is 0 Å². The highest BCUT2D eigenvalue weighted by Crippen LogP contribution is 2.52. The third-order valence-electron chi connectivity index (χ3n) is 3.69. The molecule has 0 nitrogen and oxygen atoms in total. The largest absolute Gasteiger partial charge is 0.0882 e. The highest BCUT2D eigenvalue weighted by Gasteiger charge is 2.41. The second kappa shape index (κ2) is 2.66. The number of allylic oxidation sites excluding steroid dienone is 2. The Morgan fingerprint density at radius 1 is 1.45 bits per heavy atom. The van der Waals surface area contributed by atoms with E-state index in [1.165, 1.54) is 25.7 Å². The fraction of sp³-hybridized carbons (Fsp3) is 0.818. The summed E-state index contributed by atoms with van der Waals surface area (Å²) in [5.74, 6) is 3.10. The predicted octanol–water partition coefficient (Wildman–Crippen LogP) is 3.39. The second-order valence-electron chi connectivity index (χ2n) is 4.18. The summed E-state index contributed by atoms with van der Waals surface area (Å²) < 4.78 is 0. The van der Waals surface area contributed by atoms with Gasteiger partial charge in [0.15, 0.2) is 0 Å². The molecule has 1 unspecified atom stereocenters. The molecule has 0 N–H and O–H groups in total. The lowest BCUT2D eigenvalue weighted by atomic mass is 9.83. The minimum atomic E-state index is 0.995. The van der Waals surface area contributed by atoms with Crippen LogP contribution in [0.4, 0.5) is 0 Å². The number of fused-ring (bicyclic) bond motifs is 2. The third-order valence-corrected chi connectivity index (χ3v) is 3.69. The quantitative estimate of drug-likeness (QED) is 0.503. The van der Waals surface area contributed by atoms with E-state index in [1.807, 2.05) is 0 Å². The normalized spacial score (nSPS) is 45.6. The van der Waals surface area contributed by atoms with Gasteiger partial charge in [-0.15, -0.1) is 0 Å². The first-order valence-corrected chi connectivity index (χ1v) is 5.00. The lowest BCUT2D eigenvalue weighted by Crippen LogP contribution is -2.11. The van der Waals surface area contributed by atoms with Gasteiger partial charge in [0.2, 0.25) is 0 Å². The van der Waals surface area contributed by atoms with Gasteiger partial charge in [-0.25, -0.2) is 0 Å². The smallest absolute Gasteiger partial charge is 0.0172 e. The molecule has 11 heavy (non-hydrogen) atoms. The van der Waals surface area contributed by atoms with Gasteiger partial charge in [-0.1, -0.05) is 25.0 Å². The van der Waals surface area contributed by atoms with Gasteiger partial charge < -0.3 is 0 Å². The third kappa shape index (κ3) is 1.04. The minimum Gasteiger partial charge on any atom is -0.0882 e. The van der Waals surface area contributed by atoms with Crippen LogP contribution in [0.1, 0.15) is 39.5 Å². The van der Waals surface area contributed by atoms with Crippen LogP contribution in [0.15, 0.2) is 11.6 Å². The van der Waals surface area contributed by atoms with Crippen molar-refractivity contribution in [3.05, 3.63) is 11.6 Å². The average molecular weight is 150 g/mol. The molecular formula is C11H18. The lowest BCUT2D eigenvalue weighted by Gasteiger charge is -2.22. The molecule has 0 amide bonds. The van der Waals surface area contributed by atoms with Gasteiger partial charge in [0.25, 0.3) is 0 Å². The molecule has 2 fully saturated rings. The van der Waals surface area contributed by atoms with E-state index in [9.17, 15) is 0 Å². The first-order chi connectivity index (χ1) is 5.35. The van der Waals surface area contributed by atoms with Crippen molar-refractivity contribution < 1.29 is 0 Å². The Labute approximate surface area is 69.7 Å². The molecule has 2 saturated carbocycles. The summed E-state index contributed by atoms with van der Waals surface area (Å²) in [5, 5.41) is 0. The van der Waals surface area contributed by atoms with Crippen molar-refractivity contribution in [3.63, 3.8) is 0 Å². The van der Waals surface area contributed by atoms with Gasteiger partial charge in [0.1, 0.15) is 0 Å². The maximum Gasteiger partial charge on any atom is -0.0172 e. The van der Waals surface area contributed by atoms with Crippen molar-refractivity contribution in [3.8, 4) is 0 Å². The summed E-state index contributed by atoms with van der Waals surface area (Å²) in [6.45, 7) is 4.56. The molecule has 2 aliphatic carbocycles. The van der Waals surface area contributed by atoms with Crippen molar-refractivity contribution in [2.75, 3.05) is 0 Å². The van der Waals surface area contributed by atoms with E-state index in [2.05, 4.69) is 19.9 Å². The first-order valence-electron chi connectivity index (χ1n) is 5.00. The Morgan fingerprint density at radius 3 is 2.82 bits per heavy atom. The zero-order valence-corrected chi connectivity index (χ0v) is 7.64. The Bertz CT molecular complexity index is 178. The Morgan fingerprint density at radius 2 is 2.27 bits per heavy atom. The van der Waals surface area contributed by atoms with Gasteiger partial charge in [0.05, 0.1) is 0 Å². The van der Waals surface area contributed by atoms with Crippen molar-refractivity contribution in [2.45, 2.75) is 39.5 Å². The molecule has 0 radical (unpaired) electrons. The Hall–Kier alpha value is -0.260. The Kier molecular flexibility index (Phi) is 1.78. The predicted molar refractivity (Wildman–Crippen MR) is 48.4 cm³/mol. The van der Waals surface area contributed by atoms with Crippen LogP contribution in [0, 0.1) is 17.8 Å². The van der Waals surface area contributed by atoms with Crippen LogP contribution in [0.25, 0.3) is 0 Å². The van der Waals surface area contributed by atoms with Crippen LogP contribution in [-0.2, 0) is 0 Å². The highest BCUT2D eigenvalue weighted by molar-refractivity contribution is 5.17.